The molecule has 0 radical (unpaired) electrons. The van der Waals surface area contributed by atoms with E-state index >= 15 is 0 Å². The maximum atomic E-state index is 12.3. The quantitative estimate of drug-likeness (QED) is 0.140. The molecule has 0 fully saturated rings. The van der Waals surface area contributed by atoms with Crippen LogP contribution in [0.25, 0.3) is 0 Å². The van der Waals surface area contributed by atoms with E-state index in [1.807, 2.05) is 6.08 Å². The number of nitrogens with one attached hydrogen (secondary N) is 3. The van der Waals surface area contributed by atoms with Crippen LogP contribution in [0.2, 0.25) is 0 Å². The zero-order chi connectivity index (χ0) is 29.4. The Kier molecular flexibility index (Phi) is 18.9. The molecule has 1 aromatic rings. The summed E-state index contributed by atoms with van der Waals surface area (Å²) in [4.78, 5) is 30.2. The Morgan fingerprint density at radius 2 is 1.41 bits per heavy atom. The second-order valence-electron chi connectivity index (χ2n) is 10.1. The Hall–Kier alpha value is -3.03. The summed E-state index contributed by atoms with van der Waals surface area (Å²) in [5.74, 6) is -0.359. The largest absolute Gasteiger partial charge is 0.347 e. The number of amides is 2. The first kappa shape index (κ1) is 34.2. The fraction of sp³-hybridized carbons (Fsp3) is 0.500. The van der Waals surface area contributed by atoms with Crippen molar-refractivity contribution in [2.45, 2.75) is 96.9 Å². The van der Waals surface area contributed by atoms with Crippen molar-refractivity contribution < 1.29 is 9.59 Å². The van der Waals surface area contributed by atoms with Gasteiger partial charge < -0.3 is 16.0 Å². The number of fused-ring (bicyclic) bond motifs is 1. The van der Waals surface area contributed by atoms with Crippen LogP contribution in [0, 0.1) is 0 Å². The standard InChI is InChI=1S/C34H50N4O2S/c1-3-5-6-7-8-9-10-11-12-13-14-15-16-17-18-19-20-21-22-23-32(39)36-28-33(40)38-34-37-30-25-24-29(35-26-4-2)27-31(30)41-34/h5-6,8-9,11-12,14-15,17-18,20-21,29,35H,3-4,7,10,13,16,19,22-28H2,1-2H3,(H,36,39)(H,37,38,40)/b6-5-,9-8-,12-11-,15-14-,18-17-,21-20-/t29-/m1/s1. The Labute approximate surface area is 251 Å². The fourth-order valence-electron chi connectivity index (χ4n) is 4.24. The number of aryl methyl sites for hydroxylation is 1. The molecule has 0 bridgehead atoms. The van der Waals surface area contributed by atoms with Gasteiger partial charge in [-0.2, -0.15) is 0 Å². The SMILES string of the molecule is CC/C=C\C/C=C\C/C=C\C/C=C\C/C=C\C/C=C\CCC(=O)NCC(=O)Nc1nc2c(s1)C[C@H](NCCC)CC2. The molecule has 0 unspecified atom stereocenters. The van der Waals surface area contributed by atoms with Crippen molar-refractivity contribution in [3.63, 3.8) is 0 Å². The van der Waals surface area contributed by atoms with E-state index in [1.54, 1.807) is 11.3 Å². The molecule has 0 saturated heterocycles. The summed E-state index contributed by atoms with van der Waals surface area (Å²) in [6.45, 7) is 5.32. The molecule has 6 nitrogen and oxygen atoms in total. The second kappa shape index (κ2) is 22.6. The van der Waals surface area contributed by atoms with Gasteiger partial charge in [0.25, 0.3) is 0 Å². The van der Waals surface area contributed by atoms with E-state index in [-0.39, 0.29) is 18.4 Å². The molecule has 1 aliphatic rings. The van der Waals surface area contributed by atoms with Crippen LogP contribution in [0.15, 0.2) is 72.9 Å². The van der Waals surface area contributed by atoms with Gasteiger partial charge in [0.2, 0.25) is 11.8 Å². The van der Waals surface area contributed by atoms with E-state index < -0.39 is 0 Å². The van der Waals surface area contributed by atoms with Crippen molar-refractivity contribution in [2.24, 2.45) is 0 Å². The van der Waals surface area contributed by atoms with Gasteiger partial charge in [-0.1, -0.05) is 86.8 Å². The van der Waals surface area contributed by atoms with Gasteiger partial charge in [-0.05, 0) is 77.2 Å². The van der Waals surface area contributed by atoms with E-state index in [1.165, 1.54) is 4.88 Å². The molecule has 7 heteroatoms. The molecule has 0 aromatic carbocycles. The zero-order valence-corrected chi connectivity index (χ0v) is 25.9. The number of allylic oxidation sites excluding steroid dienone is 12. The van der Waals surface area contributed by atoms with Gasteiger partial charge in [-0.3, -0.25) is 9.59 Å². The lowest BCUT2D eigenvalue weighted by Crippen LogP contribution is -2.34. The first-order chi connectivity index (χ1) is 20.1. The molecule has 2 amide bonds. The van der Waals surface area contributed by atoms with Crippen LogP contribution in [0.4, 0.5) is 5.13 Å². The lowest BCUT2D eigenvalue weighted by molar-refractivity contribution is -0.124. The molecular formula is C34H50N4O2S. The lowest BCUT2D eigenvalue weighted by Gasteiger charge is -2.21. The van der Waals surface area contributed by atoms with Crippen LogP contribution in [0.1, 0.15) is 88.6 Å². The second-order valence-corrected chi connectivity index (χ2v) is 11.1. The molecule has 2 rings (SSSR count). The minimum Gasteiger partial charge on any atom is -0.347 e. The number of carbonyl (C=O) groups is 2. The number of aromatic nitrogens is 1. The van der Waals surface area contributed by atoms with E-state index in [0.29, 0.717) is 24.0 Å². The van der Waals surface area contributed by atoms with Crippen LogP contribution in [0.5, 0.6) is 0 Å². The number of hydrogen-bond acceptors (Lipinski definition) is 5. The molecule has 3 N–H and O–H groups in total. The first-order valence-corrected chi connectivity index (χ1v) is 16.1. The summed E-state index contributed by atoms with van der Waals surface area (Å²) in [5, 5.41) is 9.75. The molecule has 1 atom stereocenters. The average Bonchev–Trinajstić information content (AvgIpc) is 3.37. The Morgan fingerprint density at radius 3 is 2.00 bits per heavy atom. The summed E-state index contributed by atoms with van der Waals surface area (Å²) in [5.41, 5.74) is 1.10. The third-order valence-corrected chi connectivity index (χ3v) is 7.49. The van der Waals surface area contributed by atoms with Gasteiger partial charge in [-0.15, -0.1) is 11.3 Å². The summed E-state index contributed by atoms with van der Waals surface area (Å²) in [6, 6.07) is 0.492. The van der Waals surface area contributed by atoms with Gasteiger partial charge in [0.05, 0.1) is 12.2 Å². The zero-order valence-electron chi connectivity index (χ0n) is 25.1. The molecule has 0 saturated carbocycles. The predicted molar refractivity (Wildman–Crippen MR) is 175 cm³/mol. The fourth-order valence-corrected chi connectivity index (χ4v) is 5.34. The third-order valence-electron chi connectivity index (χ3n) is 6.45. The van der Waals surface area contributed by atoms with Crippen molar-refractivity contribution in [1.82, 2.24) is 15.6 Å². The monoisotopic (exact) mass is 578 g/mol. The van der Waals surface area contributed by atoms with Crippen LogP contribution in [-0.2, 0) is 22.4 Å². The van der Waals surface area contributed by atoms with Crippen molar-refractivity contribution in [3.8, 4) is 0 Å². The molecule has 0 spiro atoms. The van der Waals surface area contributed by atoms with Crippen molar-refractivity contribution >= 4 is 28.3 Å². The Bertz CT molecular complexity index is 1060. The summed E-state index contributed by atoms with van der Waals surface area (Å²) in [7, 11) is 0. The maximum absolute atomic E-state index is 12.3. The van der Waals surface area contributed by atoms with E-state index in [0.717, 1.165) is 76.4 Å². The Balaban J connectivity index is 1.48. The Morgan fingerprint density at radius 1 is 0.829 bits per heavy atom. The summed E-state index contributed by atoms with van der Waals surface area (Å²) >= 11 is 1.55. The minimum absolute atomic E-state index is 0.0342. The number of thiazole rings is 1. The third kappa shape index (κ3) is 16.7. The van der Waals surface area contributed by atoms with Crippen LogP contribution >= 0.6 is 11.3 Å². The molecule has 41 heavy (non-hydrogen) atoms. The summed E-state index contributed by atoms with van der Waals surface area (Å²) in [6.07, 6.45) is 37.0. The van der Waals surface area contributed by atoms with Crippen molar-refractivity contribution in [3.05, 3.63) is 83.5 Å². The average molecular weight is 579 g/mol. The number of carbonyl (C=O) groups excluding carboxylic acids is 2. The lowest BCUT2D eigenvalue weighted by atomic mass is 9.98. The van der Waals surface area contributed by atoms with E-state index in [4.69, 9.17) is 0 Å². The van der Waals surface area contributed by atoms with Crippen LogP contribution in [-0.4, -0.2) is 35.9 Å². The molecular weight excluding hydrogens is 528 g/mol. The van der Waals surface area contributed by atoms with Crippen LogP contribution in [0.3, 0.4) is 0 Å². The molecule has 1 heterocycles. The highest BCUT2D eigenvalue weighted by atomic mass is 32.1. The number of anilines is 1. The van der Waals surface area contributed by atoms with E-state index in [2.05, 4.69) is 102 Å². The summed E-state index contributed by atoms with van der Waals surface area (Å²) < 4.78 is 0. The van der Waals surface area contributed by atoms with Gasteiger partial charge in [-0.25, -0.2) is 4.98 Å². The highest BCUT2D eigenvalue weighted by molar-refractivity contribution is 7.15. The topological polar surface area (TPSA) is 83.1 Å². The van der Waals surface area contributed by atoms with Gasteiger partial charge >= 0.3 is 0 Å². The van der Waals surface area contributed by atoms with Crippen LogP contribution < -0.4 is 16.0 Å². The van der Waals surface area contributed by atoms with Gasteiger partial charge in [0, 0.05) is 17.3 Å². The van der Waals surface area contributed by atoms with E-state index in [9.17, 15) is 9.59 Å². The van der Waals surface area contributed by atoms with Crippen molar-refractivity contribution in [2.75, 3.05) is 18.4 Å². The van der Waals surface area contributed by atoms with Crippen molar-refractivity contribution in [1.29, 1.82) is 0 Å². The smallest absolute Gasteiger partial charge is 0.245 e. The number of nitrogens with zero attached hydrogens (tertiary/aromatic N) is 1. The maximum Gasteiger partial charge on any atom is 0.245 e. The van der Waals surface area contributed by atoms with Gasteiger partial charge in [0.15, 0.2) is 5.13 Å². The molecule has 1 aliphatic carbocycles. The highest BCUT2D eigenvalue weighted by Crippen LogP contribution is 2.29. The normalized spacial score (nSPS) is 15.8. The highest BCUT2D eigenvalue weighted by Gasteiger charge is 2.22. The molecule has 1 aromatic heterocycles. The number of rotatable bonds is 20. The minimum atomic E-state index is -0.237. The molecule has 0 aliphatic heterocycles. The van der Waals surface area contributed by atoms with Gasteiger partial charge in [0.1, 0.15) is 0 Å². The first-order valence-electron chi connectivity index (χ1n) is 15.3. The predicted octanol–water partition coefficient (Wildman–Crippen LogP) is 7.53. The number of hydrogen-bond donors (Lipinski definition) is 3. The molecule has 224 valence electrons.